The van der Waals surface area contributed by atoms with Crippen molar-refractivity contribution >= 4 is 27.3 Å². The molecule has 0 unspecified atom stereocenters. The Hall–Kier alpha value is -3.42. The summed E-state index contributed by atoms with van der Waals surface area (Å²) in [5, 5.41) is 16.2. The first-order valence-electron chi connectivity index (χ1n) is 9.68. The van der Waals surface area contributed by atoms with E-state index < -0.39 is 21.7 Å². The molecule has 1 fully saturated rings. The Labute approximate surface area is 183 Å². The van der Waals surface area contributed by atoms with E-state index in [4.69, 9.17) is 4.74 Å². The van der Waals surface area contributed by atoms with Gasteiger partial charge in [0.25, 0.3) is 0 Å². The molecule has 0 radical (unpaired) electrons. The Morgan fingerprint density at radius 1 is 1.12 bits per heavy atom. The molecule has 2 aromatic carbocycles. The zero-order valence-electron chi connectivity index (χ0n) is 16.8. The molecule has 1 amide bonds. The third kappa shape index (κ3) is 4.90. The molecule has 11 nitrogen and oxygen atoms in total. The number of anilines is 2. The van der Waals surface area contributed by atoms with E-state index in [2.05, 4.69) is 26.2 Å². The van der Waals surface area contributed by atoms with Crippen LogP contribution in [-0.2, 0) is 19.6 Å². The number of hydrogen-bond donors (Lipinski definition) is 2. The molecule has 0 bridgehead atoms. The van der Waals surface area contributed by atoms with Crippen molar-refractivity contribution in [2.24, 2.45) is 0 Å². The van der Waals surface area contributed by atoms with Gasteiger partial charge in [0.2, 0.25) is 15.9 Å². The van der Waals surface area contributed by atoms with Crippen molar-refractivity contribution in [1.82, 2.24) is 24.5 Å². The van der Waals surface area contributed by atoms with Gasteiger partial charge in [0.05, 0.1) is 36.0 Å². The Bertz CT molecular complexity index is 1180. The molecule has 3 aromatic rings. The number of nitrogens with zero attached hydrogens (tertiary/aromatic N) is 5. The van der Waals surface area contributed by atoms with E-state index in [0.29, 0.717) is 37.7 Å². The van der Waals surface area contributed by atoms with E-state index in [1.165, 1.54) is 57.8 Å². The number of nitrogens with one attached hydrogen (secondary N) is 2. The summed E-state index contributed by atoms with van der Waals surface area (Å²) in [5.74, 6) is -0.965. The first kappa shape index (κ1) is 21.8. The van der Waals surface area contributed by atoms with Crippen LogP contribution in [-0.4, -0.2) is 71.7 Å². The molecule has 13 heteroatoms. The van der Waals surface area contributed by atoms with Gasteiger partial charge in [-0.25, -0.2) is 17.5 Å². The molecule has 0 saturated carbocycles. The molecule has 32 heavy (non-hydrogen) atoms. The van der Waals surface area contributed by atoms with Crippen LogP contribution in [0, 0.1) is 5.82 Å². The third-order valence-corrected chi connectivity index (χ3v) is 6.66. The van der Waals surface area contributed by atoms with Gasteiger partial charge in [-0.2, -0.15) is 4.31 Å². The van der Waals surface area contributed by atoms with Gasteiger partial charge in [-0.1, -0.05) is 0 Å². The topological polar surface area (TPSA) is 131 Å². The molecule has 1 aromatic heterocycles. The minimum atomic E-state index is -3.61. The van der Waals surface area contributed by atoms with Crippen molar-refractivity contribution in [2.45, 2.75) is 4.90 Å². The second-order valence-electron chi connectivity index (χ2n) is 6.86. The Morgan fingerprint density at radius 3 is 2.56 bits per heavy atom. The Morgan fingerprint density at radius 2 is 1.88 bits per heavy atom. The van der Waals surface area contributed by atoms with Gasteiger partial charge in [0, 0.05) is 18.8 Å². The molecule has 1 aliphatic heterocycles. The maximum atomic E-state index is 14.1. The van der Waals surface area contributed by atoms with E-state index in [-0.39, 0.29) is 17.1 Å². The molecule has 0 atom stereocenters. The van der Waals surface area contributed by atoms with Gasteiger partial charge in [0.15, 0.2) is 0 Å². The summed E-state index contributed by atoms with van der Waals surface area (Å²) >= 11 is 0. The zero-order valence-corrected chi connectivity index (χ0v) is 17.6. The highest BCUT2D eigenvalue weighted by molar-refractivity contribution is 7.89. The molecule has 4 rings (SSSR count). The number of carbonyl (C=O) groups excluding carboxylic acids is 1. The lowest BCUT2D eigenvalue weighted by atomic mass is 10.2. The number of aromatic nitrogens is 4. The number of sulfonamides is 1. The van der Waals surface area contributed by atoms with Crippen molar-refractivity contribution in [3.63, 3.8) is 0 Å². The summed E-state index contributed by atoms with van der Waals surface area (Å²) in [6.45, 7) is 1.12. The number of ether oxygens (including phenoxy) is 1. The average Bonchev–Trinajstić information content (AvgIpc) is 3.34. The van der Waals surface area contributed by atoms with Crippen LogP contribution in [0.2, 0.25) is 0 Å². The van der Waals surface area contributed by atoms with Crippen molar-refractivity contribution in [3.8, 4) is 5.69 Å². The van der Waals surface area contributed by atoms with Crippen LogP contribution >= 0.6 is 0 Å². The normalized spacial score (nSPS) is 14.8. The van der Waals surface area contributed by atoms with E-state index in [9.17, 15) is 17.6 Å². The van der Waals surface area contributed by atoms with Gasteiger partial charge in [-0.05, 0) is 52.9 Å². The van der Waals surface area contributed by atoms with Crippen LogP contribution in [0.25, 0.3) is 5.69 Å². The molecule has 0 aliphatic carbocycles. The number of tetrazole rings is 1. The van der Waals surface area contributed by atoms with Crippen LogP contribution in [0.5, 0.6) is 0 Å². The number of benzene rings is 2. The van der Waals surface area contributed by atoms with Crippen LogP contribution in [0.1, 0.15) is 0 Å². The summed E-state index contributed by atoms with van der Waals surface area (Å²) in [7, 11) is -3.61. The fourth-order valence-corrected chi connectivity index (χ4v) is 4.51. The maximum absolute atomic E-state index is 14.1. The van der Waals surface area contributed by atoms with Gasteiger partial charge in [-0.3, -0.25) is 4.79 Å². The van der Waals surface area contributed by atoms with E-state index in [0.717, 1.165) is 0 Å². The second-order valence-corrected chi connectivity index (χ2v) is 8.80. The van der Waals surface area contributed by atoms with Crippen molar-refractivity contribution in [2.75, 3.05) is 43.5 Å². The van der Waals surface area contributed by atoms with Crippen molar-refractivity contribution in [1.29, 1.82) is 0 Å². The monoisotopic (exact) mass is 461 g/mol. The van der Waals surface area contributed by atoms with Gasteiger partial charge in [0.1, 0.15) is 12.1 Å². The Kier molecular flexibility index (Phi) is 6.39. The smallest absolute Gasteiger partial charge is 0.243 e. The fourth-order valence-electron chi connectivity index (χ4n) is 3.10. The van der Waals surface area contributed by atoms with Crippen LogP contribution < -0.4 is 10.6 Å². The lowest BCUT2D eigenvalue weighted by Gasteiger charge is -2.26. The standard InChI is InChI=1S/C19H20FN7O4S/c20-17-6-3-15(27-13-22-24-25-27)11-18(17)21-12-19(28)23-14-1-4-16(5-2-14)32(29,30)26-7-9-31-10-8-26/h1-6,11,13,21H,7-10,12H2,(H,23,28). The van der Waals surface area contributed by atoms with Crippen LogP contribution in [0.15, 0.2) is 53.7 Å². The van der Waals surface area contributed by atoms with E-state index in [1.54, 1.807) is 0 Å². The molecular formula is C19H20FN7O4S. The van der Waals surface area contributed by atoms with Gasteiger partial charge >= 0.3 is 0 Å². The van der Waals surface area contributed by atoms with Crippen LogP contribution in [0.3, 0.4) is 0 Å². The minimum Gasteiger partial charge on any atom is -0.379 e. The summed E-state index contributed by atoms with van der Waals surface area (Å²) in [6, 6.07) is 10.1. The van der Waals surface area contributed by atoms with E-state index >= 15 is 0 Å². The summed E-state index contributed by atoms with van der Waals surface area (Å²) < 4.78 is 47.3. The maximum Gasteiger partial charge on any atom is 0.243 e. The summed E-state index contributed by atoms with van der Waals surface area (Å²) in [5.41, 5.74) is 1.05. The molecule has 2 N–H and O–H groups in total. The highest BCUT2D eigenvalue weighted by atomic mass is 32.2. The van der Waals surface area contributed by atoms with Crippen molar-refractivity contribution in [3.05, 3.63) is 54.6 Å². The molecule has 168 valence electrons. The van der Waals surface area contributed by atoms with Crippen LogP contribution in [0.4, 0.5) is 15.8 Å². The largest absolute Gasteiger partial charge is 0.379 e. The first-order valence-corrected chi connectivity index (χ1v) is 11.1. The SMILES string of the molecule is O=C(CNc1cc(-n2cnnn2)ccc1F)Nc1ccc(S(=O)(=O)N2CCOCC2)cc1. The van der Waals surface area contributed by atoms with Gasteiger partial charge < -0.3 is 15.4 Å². The predicted octanol–water partition coefficient (Wildman–Crippen LogP) is 0.873. The molecule has 1 saturated heterocycles. The summed E-state index contributed by atoms with van der Waals surface area (Å²) in [6.07, 6.45) is 1.37. The molecule has 1 aliphatic rings. The zero-order chi connectivity index (χ0) is 22.6. The lowest BCUT2D eigenvalue weighted by Crippen LogP contribution is -2.40. The number of halogens is 1. The summed E-state index contributed by atoms with van der Waals surface area (Å²) in [4.78, 5) is 12.4. The lowest BCUT2D eigenvalue weighted by molar-refractivity contribution is -0.114. The fraction of sp³-hybridized carbons (Fsp3) is 0.263. The first-order chi connectivity index (χ1) is 15.4. The van der Waals surface area contributed by atoms with Crippen molar-refractivity contribution < 1.29 is 22.3 Å². The average molecular weight is 461 g/mol. The molecule has 0 spiro atoms. The number of carbonyl (C=O) groups is 1. The molecular weight excluding hydrogens is 441 g/mol. The molecule has 2 heterocycles. The minimum absolute atomic E-state index is 0.111. The highest BCUT2D eigenvalue weighted by Gasteiger charge is 2.26. The second kappa shape index (κ2) is 9.38. The highest BCUT2D eigenvalue weighted by Crippen LogP contribution is 2.20. The Balaban J connectivity index is 1.36. The van der Waals surface area contributed by atoms with E-state index in [1.807, 2.05) is 0 Å². The third-order valence-electron chi connectivity index (χ3n) is 4.75. The predicted molar refractivity (Wildman–Crippen MR) is 112 cm³/mol. The number of amides is 1. The van der Waals surface area contributed by atoms with Gasteiger partial charge in [-0.15, -0.1) is 5.10 Å². The number of morpholine rings is 1. The number of hydrogen-bond acceptors (Lipinski definition) is 8. The quantitative estimate of drug-likeness (QED) is 0.530. The number of rotatable bonds is 7.